The van der Waals surface area contributed by atoms with Crippen LogP contribution in [0.25, 0.3) is 0 Å². The van der Waals surface area contributed by atoms with Crippen molar-refractivity contribution < 1.29 is 0 Å². The van der Waals surface area contributed by atoms with Gasteiger partial charge in [-0.25, -0.2) is 4.98 Å². The number of anilines is 2. The zero-order chi connectivity index (χ0) is 12.7. The van der Waals surface area contributed by atoms with Crippen LogP contribution < -0.4 is 4.90 Å². The monoisotopic (exact) mass is 238 g/mol. The van der Waals surface area contributed by atoms with Crippen LogP contribution in [0.15, 0.2) is 30.3 Å². The minimum Gasteiger partial charge on any atom is -0.326 e. The number of pyridine rings is 1. The minimum absolute atomic E-state index is 1.04. The Morgan fingerprint density at radius 2 is 1.89 bits per heavy atom. The highest BCUT2D eigenvalue weighted by Crippen LogP contribution is 2.34. The standard InChI is InChI=1S/C16H18N2/c1-11-4-7-15(12(2)10-11)18-9-8-14-6-5-13(3)17-16(14)18/h4-7,10H,8-9H2,1-3H3. The summed E-state index contributed by atoms with van der Waals surface area (Å²) in [5.41, 5.74) is 6.38. The van der Waals surface area contributed by atoms with Crippen LogP contribution in [0, 0.1) is 20.8 Å². The van der Waals surface area contributed by atoms with E-state index in [1.54, 1.807) is 0 Å². The number of hydrogen-bond acceptors (Lipinski definition) is 2. The summed E-state index contributed by atoms with van der Waals surface area (Å²) in [6, 6.07) is 10.9. The van der Waals surface area contributed by atoms with E-state index in [2.05, 4.69) is 56.0 Å². The highest BCUT2D eigenvalue weighted by Gasteiger charge is 2.22. The fourth-order valence-corrected chi connectivity index (χ4v) is 2.68. The summed E-state index contributed by atoms with van der Waals surface area (Å²) in [7, 11) is 0. The van der Waals surface area contributed by atoms with Crippen molar-refractivity contribution in [2.45, 2.75) is 27.2 Å². The molecule has 0 bridgehead atoms. The van der Waals surface area contributed by atoms with E-state index < -0.39 is 0 Å². The number of aryl methyl sites for hydroxylation is 3. The maximum Gasteiger partial charge on any atom is 0.136 e. The number of rotatable bonds is 1. The maximum absolute atomic E-state index is 4.70. The third kappa shape index (κ3) is 1.78. The fourth-order valence-electron chi connectivity index (χ4n) is 2.68. The van der Waals surface area contributed by atoms with Gasteiger partial charge in [-0.15, -0.1) is 0 Å². The molecular formula is C16H18N2. The predicted octanol–water partition coefficient (Wildman–Crippen LogP) is 3.70. The van der Waals surface area contributed by atoms with Gasteiger partial charge in [-0.05, 0) is 50.5 Å². The van der Waals surface area contributed by atoms with Crippen molar-refractivity contribution in [3.63, 3.8) is 0 Å². The molecule has 0 N–H and O–H groups in total. The summed E-state index contributed by atoms with van der Waals surface area (Å²) in [5, 5.41) is 0. The van der Waals surface area contributed by atoms with E-state index in [1.807, 2.05) is 0 Å². The molecule has 0 saturated heterocycles. The number of hydrogen-bond donors (Lipinski definition) is 0. The van der Waals surface area contributed by atoms with Crippen LogP contribution in [0.1, 0.15) is 22.4 Å². The van der Waals surface area contributed by atoms with Crippen molar-refractivity contribution in [2.75, 3.05) is 11.4 Å². The first-order valence-corrected chi connectivity index (χ1v) is 6.46. The number of nitrogens with zero attached hydrogens (tertiary/aromatic N) is 2. The molecule has 1 aromatic heterocycles. The second-order valence-electron chi connectivity index (χ2n) is 5.13. The van der Waals surface area contributed by atoms with Gasteiger partial charge in [-0.2, -0.15) is 0 Å². The Kier molecular flexibility index (Phi) is 2.58. The summed E-state index contributed by atoms with van der Waals surface area (Å²) >= 11 is 0. The lowest BCUT2D eigenvalue weighted by atomic mass is 10.1. The number of fused-ring (bicyclic) bond motifs is 1. The third-order valence-corrected chi connectivity index (χ3v) is 3.60. The fraction of sp³-hybridized carbons (Fsp3) is 0.312. The Morgan fingerprint density at radius 3 is 2.67 bits per heavy atom. The van der Waals surface area contributed by atoms with Crippen molar-refractivity contribution in [1.82, 2.24) is 4.98 Å². The molecule has 1 aromatic carbocycles. The Balaban J connectivity index is 2.08. The van der Waals surface area contributed by atoms with Crippen LogP contribution in [0.2, 0.25) is 0 Å². The molecule has 1 aliphatic rings. The molecule has 0 spiro atoms. The first kappa shape index (κ1) is 11.3. The molecule has 3 rings (SSSR count). The van der Waals surface area contributed by atoms with Crippen molar-refractivity contribution in [1.29, 1.82) is 0 Å². The highest BCUT2D eigenvalue weighted by molar-refractivity contribution is 5.69. The molecule has 0 atom stereocenters. The van der Waals surface area contributed by atoms with E-state index >= 15 is 0 Å². The summed E-state index contributed by atoms with van der Waals surface area (Å²) in [6.07, 6.45) is 1.09. The van der Waals surface area contributed by atoms with Gasteiger partial charge in [0.15, 0.2) is 0 Å². The lowest BCUT2D eigenvalue weighted by Crippen LogP contribution is -2.15. The quantitative estimate of drug-likeness (QED) is 0.753. The normalized spacial score (nSPS) is 13.8. The second-order valence-corrected chi connectivity index (χ2v) is 5.13. The first-order valence-electron chi connectivity index (χ1n) is 6.46. The topological polar surface area (TPSA) is 16.1 Å². The van der Waals surface area contributed by atoms with Gasteiger partial charge < -0.3 is 4.90 Å². The molecule has 2 aromatic rings. The lowest BCUT2D eigenvalue weighted by molar-refractivity contribution is 0.981. The van der Waals surface area contributed by atoms with Gasteiger partial charge in [0.05, 0.1) is 0 Å². The smallest absolute Gasteiger partial charge is 0.136 e. The van der Waals surface area contributed by atoms with E-state index in [1.165, 1.54) is 22.4 Å². The average Bonchev–Trinajstić information content (AvgIpc) is 2.72. The van der Waals surface area contributed by atoms with E-state index in [4.69, 9.17) is 4.98 Å². The molecule has 0 aliphatic carbocycles. The van der Waals surface area contributed by atoms with Crippen molar-refractivity contribution in [3.8, 4) is 0 Å². The van der Waals surface area contributed by atoms with Crippen LogP contribution >= 0.6 is 0 Å². The van der Waals surface area contributed by atoms with Crippen LogP contribution in [0.4, 0.5) is 11.5 Å². The molecule has 1 aliphatic heterocycles. The van der Waals surface area contributed by atoms with E-state index in [9.17, 15) is 0 Å². The highest BCUT2D eigenvalue weighted by atomic mass is 15.2. The molecule has 18 heavy (non-hydrogen) atoms. The van der Waals surface area contributed by atoms with Crippen LogP contribution in [-0.2, 0) is 6.42 Å². The first-order chi connectivity index (χ1) is 8.65. The second kappa shape index (κ2) is 4.13. The van der Waals surface area contributed by atoms with Crippen molar-refractivity contribution in [2.24, 2.45) is 0 Å². The molecule has 0 fully saturated rings. The maximum atomic E-state index is 4.70. The molecule has 2 heterocycles. The molecule has 0 radical (unpaired) electrons. The third-order valence-electron chi connectivity index (χ3n) is 3.60. The molecule has 2 nitrogen and oxygen atoms in total. The molecule has 0 saturated carbocycles. The van der Waals surface area contributed by atoms with Crippen LogP contribution in [-0.4, -0.2) is 11.5 Å². The molecule has 0 unspecified atom stereocenters. The summed E-state index contributed by atoms with van der Waals surface area (Å²) in [6.45, 7) is 7.40. The molecule has 2 heteroatoms. The predicted molar refractivity (Wildman–Crippen MR) is 75.6 cm³/mol. The lowest BCUT2D eigenvalue weighted by Gasteiger charge is -2.21. The average molecular weight is 238 g/mol. The van der Waals surface area contributed by atoms with Gasteiger partial charge in [0.25, 0.3) is 0 Å². The van der Waals surface area contributed by atoms with Crippen LogP contribution in [0.5, 0.6) is 0 Å². The van der Waals surface area contributed by atoms with E-state index in [0.29, 0.717) is 0 Å². The van der Waals surface area contributed by atoms with Crippen molar-refractivity contribution in [3.05, 3.63) is 52.7 Å². The minimum atomic E-state index is 1.04. The zero-order valence-corrected chi connectivity index (χ0v) is 11.2. The van der Waals surface area contributed by atoms with Gasteiger partial charge in [-0.1, -0.05) is 23.8 Å². The van der Waals surface area contributed by atoms with Gasteiger partial charge in [0.2, 0.25) is 0 Å². The molecule has 92 valence electrons. The van der Waals surface area contributed by atoms with Crippen molar-refractivity contribution >= 4 is 11.5 Å². The largest absolute Gasteiger partial charge is 0.326 e. The van der Waals surface area contributed by atoms with E-state index in [0.717, 1.165) is 24.5 Å². The van der Waals surface area contributed by atoms with Crippen LogP contribution in [0.3, 0.4) is 0 Å². The summed E-state index contributed by atoms with van der Waals surface area (Å²) in [4.78, 5) is 7.05. The summed E-state index contributed by atoms with van der Waals surface area (Å²) < 4.78 is 0. The van der Waals surface area contributed by atoms with Gasteiger partial charge in [0.1, 0.15) is 5.82 Å². The molecular weight excluding hydrogens is 220 g/mol. The number of aromatic nitrogens is 1. The SMILES string of the molecule is Cc1ccc(N2CCc3ccc(C)nc32)c(C)c1. The Morgan fingerprint density at radius 1 is 1.06 bits per heavy atom. The van der Waals surface area contributed by atoms with Gasteiger partial charge in [0, 0.05) is 17.9 Å². The van der Waals surface area contributed by atoms with Gasteiger partial charge >= 0.3 is 0 Å². The Labute approximate surface area is 108 Å². The Hall–Kier alpha value is -1.83. The zero-order valence-electron chi connectivity index (χ0n) is 11.2. The molecule has 0 amide bonds. The van der Waals surface area contributed by atoms with Gasteiger partial charge in [-0.3, -0.25) is 0 Å². The van der Waals surface area contributed by atoms with E-state index in [-0.39, 0.29) is 0 Å². The summed E-state index contributed by atoms with van der Waals surface area (Å²) in [5.74, 6) is 1.14. The Bertz CT molecular complexity index is 602. The number of benzene rings is 1.